The molecule has 1 aliphatic rings. The minimum absolute atomic E-state index is 0.0258. The number of hydrogen-bond donors (Lipinski definition) is 0. The quantitative estimate of drug-likeness (QED) is 0.750. The molecule has 0 saturated carbocycles. The van der Waals surface area contributed by atoms with Crippen LogP contribution in [0.3, 0.4) is 0 Å². The van der Waals surface area contributed by atoms with Gasteiger partial charge in [0.1, 0.15) is 11.6 Å². The molecule has 0 bridgehead atoms. The Kier molecular flexibility index (Phi) is 6.69. The Hall–Kier alpha value is -3.09. The van der Waals surface area contributed by atoms with E-state index < -0.39 is 0 Å². The zero-order valence-corrected chi connectivity index (χ0v) is 16.8. The van der Waals surface area contributed by atoms with Crippen molar-refractivity contribution >= 4 is 23.2 Å². The highest BCUT2D eigenvalue weighted by molar-refractivity contribution is 5.92. The van der Waals surface area contributed by atoms with Gasteiger partial charge in [0, 0.05) is 63.5 Å². The zero-order valence-electron chi connectivity index (χ0n) is 16.8. The van der Waals surface area contributed by atoms with Gasteiger partial charge >= 0.3 is 0 Å². The largest absolute Gasteiger partial charge is 0.497 e. The molecule has 0 unspecified atom stereocenters. The average Bonchev–Trinajstić information content (AvgIpc) is 2.74. The topological polar surface area (TPSA) is 53.1 Å². The molecule has 0 N–H and O–H groups in total. The Morgan fingerprint density at radius 2 is 1.76 bits per heavy atom. The molecular formula is C22H26FN3O3. The minimum Gasteiger partial charge on any atom is -0.497 e. The van der Waals surface area contributed by atoms with Crippen molar-refractivity contribution in [2.24, 2.45) is 0 Å². The SMILES string of the molecule is COc1cccc(N(CCC(=O)N2CCN(c3ccc(F)cc3)CC2)C(C)=O)c1. The molecule has 3 rings (SSSR count). The van der Waals surface area contributed by atoms with Gasteiger partial charge in [-0.15, -0.1) is 0 Å². The summed E-state index contributed by atoms with van der Waals surface area (Å²) < 4.78 is 18.3. The van der Waals surface area contributed by atoms with E-state index in [0.717, 1.165) is 5.69 Å². The van der Waals surface area contributed by atoms with Crippen LogP contribution in [-0.4, -0.2) is 56.5 Å². The van der Waals surface area contributed by atoms with E-state index in [1.807, 2.05) is 23.1 Å². The van der Waals surface area contributed by atoms with Gasteiger partial charge in [0.2, 0.25) is 11.8 Å². The van der Waals surface area contributed by atoms with E-state index in [1.165, 1.54) is 19.1 Å². The molecule has 1 fully saturated rings. The second kappa shape index (κ2) is 9.41. The van der Waals surface area contributed by atoms with Crippen LogP contribution in [0.4, 0.5) is 15.8 Å². The first-order valence-electron chi connectivity index (χ1n) is 9.68. The first kappa shape index (κ1) is 20.6. The van der Waals surface area contributed by atoms with Crippen LogP contribution < -0.4 is 14.5 Å². The maximum absolute atomic E-state index is 13.1. The molecule has 7 heteroatoms. The van der Waals surface area contributed by atoms with Crippen LogP contribution >= 0.6 is 0 Å². The number of methoxy groups -OCH3 is 1. The lowest BCUT2D eigenvalue weighted by Crippen LogP contribution is -2.49. The molecule has 6 nitrogen and oxygen atoms in total. The molecule has 0 aromatic heterocycles. The summed E-state index contributed by atoms with van der Waals surface area (Å²) in [6, 6.07) is 13.7. The number of anilines is 2. The maximum atomic E-state index is 13.1. The standard InChI is InChI=1S/C22H26FN3O3/c1-17(27)26(20-4-3-5-21(16-20)29-2)11-10-22(28)25-14-12-24(13-15-25)19-8-6-18(23)7-9-19/h3-9,16H,10-15H2,1-2H3. The van der Waals surface area contributed by atoms with Gasteiger partial charge in [-0.05, 0) is 36.4 Å². The summed E-state index contributed by atoms with van der Waals surface area (Å²) in [7, 11) is 1.58. The number of rotatable bonds is 6. The fraction of sp³-hybridized carbons (Fsp3) is 0.364. The first-order chi connectivity index (χ1) is 14.0. The molecule has 0 atom stereocenters. The predicted octanol–water partition coefficient (Wildman–Crippen LogP) is 2.93. The lowest BCUT2D eigenvalue weighted by atomic mass is 10.2. The molecule has 1 aliphatic heterocycles. The Labute approximate surface area is 170 Å². The summed E-state index contributed by atoms with van der Waals surface area (Å²) in [4.78, 5) is 30.3. The number of ether oxygens (including phenoxy) is 1. The normalized spacial score (nSPS) is 13.9. The summed E-state index contributed by atoms with van der Waals surface area (Å²) in [5.41, 5.74) is 1.67. The van der Waals surface area contributed by atoms with Gasteiger partial charge < -0.3 is 19.4 Å². The summed E-state index contributed by atoms with van der Waals surface area (Å²) in [6.07, 6.45) is 0.257. The van der Waals surface area contributed by atoms with Gasteiger partial charge in [-0.25, -0.2) is 4.39 Å². The van der Waals surface area contributed by atoms with Crippen molar-refractivity contribution in [3.05, 3.63) is 54.3 Å². The van der Waals surface area contributed by atoms with Crippen molar-refractivity contribution in [3.63, 3.8) is 0 Å². The van der Waals surface area contributed by atoms with Crippen molar-refractivity contribution in [1.29, 1.82) is 0 Å². The maximum Gasteiger partial charge on any atom is 0.224 e. The molecule has 2 aromatic carbocycles. The van der Waals surface area contributed by atoms with E-state index in [2.05, 4.69) is 4.90 Å². The Balaban J connectivity index is 1.54. The summed E-state index contributed by atoms with van der Waals surface area (Å²) in [6.45, 7) is 4.42. The Morgan fingerprint density at radius 1 is 1.07 bits per heavy atom. The highest BCUT2D eigenvalue weighted by atomic mass is 19.1. The Bertz CT molecular complexity index is 849. The third-order valence-corrected chi connectivity index (χ3v) is 5.12. The third kappa shape index (κ3) is 5.25. The number of benzene rings is 2. The van der Waals surface area contributed by atoms with E-state index in [1.54, 1.807) is 30.2 Å². The van der Waals surface area contributed by atoms with Gasteiger partial charge in [-0.1, -0.05) is 6.07 Å². The van der Waals surface area contributed by atoms with Gasteiger partial charge in [0.15, 0.2) is 0 Å². The number of carbonyl (C=O) groups excluding carboxylic acids is 2. The molecule has 1 heterocycles. The van der Waals surface area contributed by atoms with Crippen molar-refractivity contribution in [2.75, 3.05) is 49.6 Å². The molecule has 0 aliphatic carbocycles. The zero-order chi connectivity index (χ0) is 20.8. The van der Waals surface area contributed by atoms with Crippen LogP contribution in [0.1, 0.15) is 13.3 Å². The van der Waals surface area contributed by atoms with Crippen LogP contribution in [-0.2, 0) is 9.59 Å². The Morgan fingerprint density at radius 3 is 2.38 bits per heavy atom. The first-order valence-corrected chi connectivity index (χ1v) is 9.68. The number of piperazine rings is 1. The van der Waals surface area contributed by atoms with E-state index in [9.17, 15) is 14.0 Å². The lowest BCUT2D eigenvalue weighted by molar-refractivity contribution is -0.131. The summed E-state index contributed by atoms with van der Waals surface area (Å²) >= 11 is 0. The van der Waals surface area contributed by atoms with Crippen LogP contribution in [0.25, 0.3) is 0 Å². The number of carbonyl (C=O) groups is 2. The van der Waals surface area contributed by atoms with Crippen LogP contribution in [0.5, 0.6) is 5.75 Å². The average molecular weight is 399 g/mol. The van der Waals surface area contributed by atoms with E-state index in [4.69, 9.17) is 4.74 Å². The molecule has 29 heavy (non-hydrogen) atoms. The predicted molar refractivity (Wildman–Crippen MR) is 111 cm³/mol. The van der Waals surface area contributed by atoms with E-state index in [-0.39, 0.29) is 24.1 Å². The van der Waals surface area contributed by atoms with Crippen LogP contribution in [0, 0.1) is 5.82 Å². The van der Waals surface area contributed by atoms with E-state index >= 15 is 0 Å². The molecule has 0 spiro atoms. The fourth-order valence-electron chi connectivity index (χ4n) is 3.48. The van der Waals surface area contributed by atoms with Crippen LogP contribution in [0.15, 0.2) is 48.5 Å². The minimum atomic E-state index is -0.256. The fourth-order valence-corrected chi connectivity index (χ4v) is 3.48. The van der Waals surface area contributed by atoms with Crippen molar-refractivity contribution < 1.29 is 18.7 Å². The van der Waals surface area contributed by atoms with Gasteiger partial charge in [0.25, 0.3) is 0 Å². The molecule has 2 aromatic rings. The number of nitrogens with zero attached hydrogens (tertiary/aromatic N) is 3. The second-order valence-corrected chi connectivity index (χ2v) is 6.97. The molecule has 2 amide bonds. The third-order valence-electron chi connectivity index (χ3n) is 5.12. The molecular weight excluding hydrogens is 373 g/mol. The number of halogens is 1. The van der Waals surface area contributed by atoms with Crippen molar-refractivity contribution in [1.82, 2.24) is 4.90 Å². The number of amides is 2. The van der Waals surface area contributed by atoms with Crippen molar-refractivity contribution in [3.8, 4) is 5.75 Å². The van der Waals surface area contributed by atoms with E-state index in [0.29, 0.717) is 44.2 Å². The lowest BCUT2D eigenvalue weighted by Gasteiger charge is -2.36. The van der Waals surface area contributed by atoms with Gasteiger partial charge in [-0.2, -0.15) is 0 Å². The highest BCUT2D eigenvalue weighted by Gasteiger charge is 2.22. The smallest absolute Gasteiger partial charge is 0.224 e. The van der Waals surface area contributed by atoms with Crippen molar-refractivity contribution in [2.45, 2.75) is 13.3 Å². The molecule has 0 radical (unpaired) electrons. The monoisotopic (exact) mass is 399 g/mol. The van der Waals surface area contributed by atoms with Crippen LogP contribution in [0.2, 0.25) is 0 Å². The molecule has 154 valence electrons. The van der Waals surface area contributed by atoms with Gasteiger partial charge in [0.05, 0.1) is 7.11 Å². The number of hydrogen-bond acceptors (Lipinski definition) is 4. The summed E-state index contributed by atoms with van der Waals surface area (Å²) in [5.74, 6) is 0.315. The molecule has 1 saturated heterocycles. The van der Waals surface area contributed by atoms with Gasteiger partial charge in [-0.3, -0.25) is 9.59 Å². The highest BCUT2D eigenvalue weighted by Crippen LogP contribution is 2.22. The second-order valence-electron chi connectivity index (χ2n) is 6.97. The summed E-state index contributed by atoms with van der Waals surface area (Å²) in [5, 5.41) is 0.